The summed E-state index contributed by atoms with van der Waals surface area (Å²) < 4.78 is 0. The van der Waals surface area contributed by atoms with Gasteiger partial charge in [-0.05, 0) is 50.3 Å². The Hall–Kier alpha value is -2.04. The highest BCUT2D eigenvalue weighted by Gasteiger charge is 2.28. The molecule has 4 rings (SSSR count). The van der Waals surface area contributed by atoms with Crippen molar-refractivity contribution in [3.63, 3.8) is 0 Å². The first-order valence-corrected chi connectivity index (χ1v) is 9.21. The summed E-state index contributed by atoms with van der Waals surface area (Å²) in [6.07, 6.45) is 6.65. The second kappa shape index (κ2) is 6.46. The van der Waals surface area contributed by atoms with Crippen LogP contribution >= 0.6 is 0 Å². The molecule has 24 heavy (non-hydrogen) atoms. The Morgan fingerprint density at radius 1 is 1.21 bits per heavy atom. The molecular formula is C19H26N4O. The van der Waals surface area contributed by atoms with Crippen LogP contribution in [0.4, 0.5) is 5.95 Å². The van der Waals surface area contributed by atoms with Gasteiger partial charge in [-0.15, -0.1) is 0 Å². The summed E-state index contributed by atoms with van der Waals surface area (Å²) in [7, 11) is 0. The van der Waals surface area contributed by atoms with Crippen LogP contribution in [-0.2, 0) is 4.79 Å². The molecule has 0 unspecified atom stereocenters. The number of carbonyl (C=O) groups excluding carboxylic acids is 1. The lowest BCUT2D eigenvalue weighted by atomic mass is 9.95. The Labute approximate surface area is 142 Å². The molecule has 1 aliphatic carbocycles. The predicted molar refractivity (Wildman–Crippen MR) is 96.2 cm³/mol. The summed E-state index contributed by atoms with van der Waals surface area (Å²) in [5.74, 6) is 1.36. The molecule has 1 aromatic heterocycles. The fourth-order valence-corrected chi connectivity index (χ4v) is 4.00. The molecule has 1 saturated carbocycles. The van der Waals surface area contributed by atoms with Gasteiger partial charge in [0.1, 0.15) is 0 Å². The predicted octanol–water partition coefficient (Wildman–Crippen LogP) is 3.15. The molecule has 1 aliphatic heterocycles. The van der Waals surface area contributed by atoms with Crippen LogP contribution in [0.1, 0.15) is 44.1 Å². The normalized spacial score (nSPS) is 20.0. The zero-order valence-corrected chi connectivity index (χ0v) is 14.3. The zero-order chi connectivity index (χ0) is 16.5. The second-order valence-corrected chi connectivity index (χ2v) is 7.33. The number of anilines is 1. The molecule has 0 radical (unpaired) electrons. The molecule has 128 valence electrons. The van der Waals surface area contributed by atoms with Gasteiger partial charge in [-0.3, -0.25) is 4.79 Å². The van der Waals surface area contributed by atoms with Gasteiger partial charge in [0.05, 0.1) is 11.0 Å². The molecule has 1 amide bonds. The lowest BCUT2D eigenvalue weighted by Crippen LogP contribution is -2.43. The molecule has 0 spiro atoms. The summed E-state index contributed by atoms with van der Waals surface area (Å²) in [5.41, 5.74) is 3.34. The van der Waals surface area contributed by atoms with Gasteiger partial charge in [-0.2, -0.15) is 0 Å². The van der Waals surface area contributed by atoms with E-state index < -0.39 is 0 Å². The molecule has 1 aromatic carbocycles. The molecule has 5 heteroatoms. The maximum Gasteiger partial charge on any atom is 0.223 e. The van der Waals surface area contributed by atoms with E-state index in [0.717, 1.165) is 55.8 Å². The number of amides is 1. The molecule has 2 heterocycles. The Morgan fingerprint density at radius 3 is 2.71 bits per heavy atom. The van der Waals surface area contributed by atoms with Crippen molar-refractivity contribution < 1.29 is 4.79 Å². The maximum atomic E-state index is 12.4. The fraction of sp³-hybridized carbons (Fsp3) is 0.579. The quantitative estimate of drug-likeness (QED) is 0.911. The highest BCUT2D eigenvalue weighted by atomic mass is 16.1. The monoisotopic (exact) mass is 326 g/mol. The average Bonchev–Trinajstić information content (AvgIpc) is 3.24. The molecule has 5 nitrogen and oxygen atoms in total. The van der Waals surface area contributed by atoms with Crippen LogP contribution in [0.3, 0.4) is 0 Å². The van der Waals surface area contributed by atoms with E-state index >= 15 is 0 Å². The van der Waals surface area contributed by atoms with Crippen LogP contribution in [0.15, 0.2) is 18.2 Å². The van der Waals surface area contributed by atoms with Crippen LogP contribution in [0.5, 0.6) is 0 Å². The van der Waals surface area contributed by atoms with E-state index in [1.165, 1.54) is 18.4 Å². The zero-order valence-electron chi connectivity index (χ0n) is 14.3. The number of aryl methyl sites for hydroxylation is 1. The minimum Gasteiger partial charge on any atom is -0.353 e. The number of rotatable bonds is 3. The van der Waals surface area contributed by atoms with Crippen molar-refractivity contribution in [1.29, 1.82) is 0 Å². The average molecular weight is 326 g/mol. The smallest absolute Gasteiger partial charge is 0.223 e. The number of nitrogens with zero attached hydrogens (tertiary/aromatic N) is 2. The summed E-state index contributed by atoms with van der Waals surface area (Å²) in [6.45, 7) is 3.87. The van der Waals surface area contributed by atoms with Crippen LogP contribution in [0.2, 0.25) is 0 Å². The number of hydrogen-bond donors (Lipinski definition) is 2. The highest BCUT2D eigenvalue weighted by molar-refractivity contribution is 5.80. The number of H-pyrrole nitrogens is 1. The van der Waals surface area contributed by atoms with E-state index in [2.05, 4.69) is 40.3 Å². The largest absolute Gasteiger partial charge is 0.353 e. The van der Waals surface area contributed by atoms with Gasteiger partial charge in [0.25, 0.3) is 0 Å². The van der Waals surface area contributed by atoms with Gasteiger partial charge in [-0.25, -0.2) is 4.98 Å². The first-order valence-electron chi connectivity index (χ1n) is 9.21. The Kier molecular flexibility index (Phi) is 4.17. The third-order valence-electron chi connectivity index (χ3n) is 5.49. The first-order chi connectivity index (χ1) is 11.7. The van der Waals surface area contributed by atoms with E-state index in [-0.39, 0.29) is 11.8 Å². The van der Waals surface area contributed by atoms with Crippen LogP contribution in [0, 0.1) is 12.8 Å². The Balaban J connectivity index is 1.37. The number of aromatic amines is 1. The van der Waals surface area contributed by atoms with Crippen LogP contribution < -0.4 is 10.2 Å². The van der Waals surface area contributed by atoms with E-state index in [0.29, 0.717) is 6.04 Å². The van der Waals surface area contributed by atoms with E-state index in [1.807, 2.05) is 0 Å². The Morgan fingerprint density at radius 2 is 1.96 bits per heavy atom. The minimum atomic E-state index is 0.161. The topological polar surface area (TPSA) is 61.0 Å². The summed E-state index contributed by atoms with van der Waals surface area (Å²) in [6, 6.07) is 6.71. The molecule has 2 aliphatic rings. The van der Waals surface area contributed by atoms with Gasteiger partial charge >= 0.3 is 0 Å². The number of imidazole rings is 1. The number of fused-ring (bicyclic) bond motifs is 1. The number of nitrogens with one attached hydrogen (secondary N) is 2. The van der Waals surface area contributed by atoms with Crippen molar-refractivity contribution in [2.45, 2.75) is 51.5 Å². The van der Waals surface area contributed by atoms with Gasteiger partial charge in [0.2, 0.25) is 11.9 Å². The third kappa shape index (κ3) is 3.12. The van der Waals surface area contributed by atoms with E-state index in [4.69, 9.17) is 4.98 Å². The first kappa shape index (κ1) is 15.5. The lowest BCUT2D eigenvalue weighted by Gasteiger charge is -2.31. The highest BCUT2D eigenvalue weighted by Crippen LogP contribution is 2.25. The molecule has 0 bridgehead atoms. The maximum absolute atomic E-state index is 12.4. The van der Waals surface area contributed by atoms with E-state index in [1.54, 1.807) is 0 Å². The Bertz CT molecular complexity index is 724. The minimum absolute atomic E-state index is 0.161. The molecule has 2 fully saturated rings. The summed E-state index contributed by atoms with van der Waals surface area (Å²) in [5, 5.41) is 3.25. The molecule has 1 saturated heterocycles. The van der Waals surface area contributed by atoms with Crippen LogP contribution in [0.25, 0.3) is 11.0 Å². The standard InChI is InChI=1S/C19H26N4O/c1-13-6-7-16-17(12-13)22-19(21-16)23-10-8-14(9-11-23)18(24)20-15-4-2-3-5-15/h6-7,12,14-15H,2-5,8-11H2,1H3,(H,20,24)(H,21,22). The number of carbonyl (C=O) groups is 1. The summed E-state index contributed by atoms with van der Waals surface area (Å²) in [4.78, 5) is 22.8. The SMILES string of the molecule is Cc1ccc2nc(N3CCC(C(=O)NC4CCCC4)CC3)[nH]c2c1. The van der Waals surface area contributed by atoms with Crippen molar-refractivity contribution in [3.8, 4) is 0 Å². The van der Waals surface area contributed by atoms with Gasteiger partial charge < -0.3 is 15.2 Å². The molecule has 2 aromatic rings. The van der Waals surface area contributed by atoms with Crippen molar-refractivity contribution in [2.75, 3.05) is 18.0 Å². The van der Waals surface area contributed by atoms with Gasteiger partial charge in [-0.1, -0.05) is 18.9 Å². The molecule has 2 N–H and O–H groups in total. The van der Waals surface area contributed by atoms with Crippen molar-refractivity contribution in [2.24, 2.45) is 5.92 Å². The number of piperidine rings is 1. The van der Waals surface area contributed by atoms with Crippen LogP contribution in [-0.4, -0.2) is 35.0 Å². The van der Waals surface area contributed by atoms with E-state index in [9.17, 15) is 4.79 Å². The third-order valence-corrected chi connectivity index (χ3v) is 5.49. The molecular weight excluding hydrogens is 300 g/mol. The fourth-order valence-electron chi connectivity index (χ4n) is 4.00. The van der Waals surface area contributed by atoms with Crippen molar-refractivity contribution >= 4 is 22.9 Å². The van der Waals surface area contributed by atoms with Crippen molar-refractivity contribution in [1.82, 2.24) is 15.3 Å². The van der Waals surface area contributed by atoms with Crippen molar-refractivity contribution in [3.05, 3.63) is 23.8 Å². The van der Waals surface area contributed by atoms with Gasteiger partial charge in [0.15, 0.2) is 0 Å². The number of benzene rings is 1. The lowest BCUT2D eigenvalue weighted by molar-refractivity contribution is -0.126. The van der Waals surface area contributed by atoms with Gasteiger partial charge in [0, 0.05) is 25.0 Å². The summed E-state index contributed by atoms with van der Waals surface area (Å²) >= 11 is 0. The number of hydrogen-bond acceptors (Lipinski definition) is 3. The second-order valence-electron chi connectivity index (χ2n) is 7.33. The molecule has 0 atom stereocenters. The number of aromatic nitrogens is 2.